The summed E-state index contributed by atoms with van der Waals surface area (Å²) < 4.78 is 39.7. The second-order valence-corrected chi connectivity index (χ2v) is 6.01. The molecule has 0 spiro atoms. The minimum Gasteiger partial charge on any atom is -0.306 e. The van der Waals surface area contributed by atoms with E-state index in [1.54, 1.807) is 13.8 Å². The van der Waals surface area contributed by atoms with Crippen LogP contribution >= 0.6 is 0 Å². The molecule has 28 heavy (non-hydrogen) atoms. The summed E-state index contributed by atoms with van der Waals surface area (Å²) in [4.78, 5) is 32.2. The van der Waals surface area contributed by atoms with E-state index in [-0.39, 0.29) is 22.9 Å². The largest absolute Gasteiger partial charge is 0.416 e. The Morgan fingerprint density at radius 2 is 1.89 bits per heavy atom. The number of amides is 2. The zero-order valence-electron chi connectivity index (χ0n) is 14.8. The second kappa shape index (κ2) is 6.87. The fourth-order valence-electron chi connectivity index (χ4n) is 2.42. The van der Waals surface area contributed by atoms with Gasteiger partial charge in [0.05, 0.1) is 22.5 Å². The van der Waals surface area contributed by atoms with E-state index >= 15 is 0 Å². The van der Waals surface area contributed by atoms with Gasteiger partial charge in [0.15, 0.2) is 0 Å². The maximum Gasteiger partial charge on any atom is 0.416 e. The summed E-state index contributed by atoms with van der Waals surface area (Å²) in [7, 11) is 0. The number of benzene rings is 1. The summed E-state index contributed by atoms with van der Waals surface area (Å²) in [5.74, 6) is -1.34. The first-order valence-electron chi connectivity index (χ1n) is 7.99. The summed E-state index contributed by atoms with van der Waals surface area (Å²) in [6, 6.07) is 5.50. The van der Waals surface area contributed by atoms with E-state index in [0.29, 0.717) is 11.4 Å². The number of nitrogens with one attached hydrogen (secondary N) is 1. The van der Waals surface area contributed by atoms with Crippen LogP contribution in [0.4, 0.5) is 19.0 Å². The first-order chi connectivity index (χ1) is 13.1. The summed E-state index contributed by atoms with van der Waals surface area (Å²) in [5, 5.41) is 6.61. The van der Waals surface area contributed by atoms with Crippen molar-refractivity contribution in [1.82, 2.24) is 9.78 Å². The van der Waals surface area contributed by atoms with Gasteiger partial charge in [-0.05, 0) is 32.0 Å². The predicted molar refractivity (Wildman–Crippen MR) is 96.5 cm³/mol. The number of aryl methyl sites for hydroxylation is 1. The molecule has 1 aliphatic rings. The molecule has 3 rings (SSSR count). The van der Waals surface area contributed by atoms with Crippen molar-refractivity contribution < 1.29 is 22.8 Å². The Kier molecular flexibility index (Phi) is 4.72. The van der Waals surface area contributed by atoms with Gasteiger partial charge in [-0.15, -0.1) is 0 Å². The lowest BCUT2D eigenvalue weighted by molar-refractivity contribution is -0.137. The van der Waals surface area contributed by atoms with Crippen molar-refractivity contribution in [2.45, 2.75) is 20.0 Å². The second-order valence-electron chi connectivity index (χ2n) is 6.01. The van der Waals surface area contributed by atoms with E-state index in [2.05, 4.69) is 27.0 Å². The van der Waals surface area contributed by atoms with Crippen LogP contribution in [-0.4, -0.2) is 33.3 Å². The zero-order valence-corrected chi connectivity index (χ0v) is 14.8. The number of anilines is 1. The highest BCUT2D eigenvalue weighted by atomic mass is 19.4. The Bertz CT molecular complexity index is 1060. The number of carbonyl (C=O) groups excluding carboxylic acids is 2. The lowest BCUT2D eigenvalue weighted by Crippen LogP contribution is -2.25. The van der Waals surface area contributed by atoms with Crippen LogP contribution in [0.25, 0.3) is 0 Å². The number of alkyl halides is 3. The quantitative estimate of drug-likeness (QED) is 0.800. The smallest absolute Gasteiger partial charge is 0.306 e. The minimum absolute atomic E-state index is 0.0812. The van der Waals surface area contributed by atoms with Crippen LogP contribution in [0.5, 0.6) is 0 Å². The van der Waals surface area contributed by atoms with Crippen LogP contribution in [0.2, 0.25) is 0 Å². The van der Waals surface area contributed by atoms with Crippen LogP contribution in [0.15, 0.2) is 52.5 Å². The summed E-state index contributed by atoms with van der Waals surface area (Å²) in [6.45, 7) is 6.78. The molecule has 1 aliphatic heterocycles. The molecule has 7 nitrogen and oxygen atoms in total. The zero-order chi connectivity index (χ0) is 20.6. The van der Waals surface area contributed by atoms with E-state index in [0.717, 1.165) is 22.9 Å². The van der Waals surface area contributed by atoms with E-state index in [1.807, 2.05) is 0 Å². The topological polar surface area (TPSA) is 88.7 Å². The Morgan fingerprint density at radius 3 is 2.54 bits per heavy atom. The van der Waals surface area contributed by atoms with Crippen molar-refractivity contribution >= 4 is 29.3 Å². The maximum atomic E-state index is 12.9. The molecule has 0 unspecified atom stereocenters. The molecule has 0 aliphatic carbocycles. The highest BCUT2D eigenvalue weighted by Crippen LogP contribution is 2.29. The first-order valence-corrected chi connectivity index (χ1v) is 7.99. The number of rotatable bonds is 2. The molecule has 1 aromatic heterocycles. The normalized spacial score (nSPS) is 14.6. The van der Waals surface area contributed by atoms with Crippen LogP contribution < -0.4 is 5.32 Å². The minimum atomic E-state index is -4.57. The van der Waals surface area contributed by atoms with E-state index in [4.69, 9.17) is 0 Å². The van der Waals surface area contributed by atoms with Gasteiger partial charge in [0.25, 0.3) is 17.8 Å². The molecule has 0 atom stereocenters. The fraction of sp³-hybridized carbons (Fsp3) is 0.167. The number of hydrogen-bond acceptors (Lipinski definition) is 4. The number of hydrogen-bond donors (Lipinski definition) is 1. The highest BCUT2D eigenvalue weighted by molar-refractivity contribution is 6.28. The molecular formula is C18H14F3N5O2. The van der Waals surface area contributed by atoms with Crippen molar-refractivity contribution in [3.63, 3.8) is 0 Å². The molecule has 2 heterocycles. The highest BCUT2D eigenvalue weighted by Gasteiger charge is 2.31. The summed E-state index contributed by atoms with van der Waals surface area (Å²) in [6.07, 6.45) is -4.57. The van der Waals surface area contributed by atoms with Gasteiger partial charge in [-0.3, -0.25) is 9.59 Å². The fourth-order valence-corrected chi connectivity index (χ4v) is 2.42. The van der Waals surface area contributed by atoms with E-state index in [1.165, 1.54) is 12.1 Å². The average molecular weight is 389 g/mol. The van der Waals surface area contributed by atoms with Crippen molar-refractivity contribution in [2.75, 3.05) is 5.32 Å². The number of aliphatic imine (C=N–C) groups is 2. The Morgan fingerprint density at radius 1 is 1.18 bits per heavy atom. The van der Waals surface area contributed by atoms with E-state index < -0.39 is 23.6 Å². The number of aromatic nitrogens is 2. The number of halogens is 3. The molecule has 0 radical (unpaired) electrons. The van der Waals surface area contributed by atoms with Gasteiger partial charge in [-0.1, -0.05) is 12.6 Å². The molecule has 0 saturated heterocycles. The van der Waals surface area contributed by atoms with Gasteiger partial charge < -0.3 is 5.32 Å². The predicted octanol–water partition coefficient (Wildman–Crippen LogP) is 3.22. The van der Waals surface area contributed by atoms with Gasteiger partial charge in [0, 0.05) is 11.6 Å². The van der Waals surface area contributed by atoms with Crippen LogP contribution in [0, 0.1) is 6.92 Å². The Hall–Kier alpha value is -3.56. The molecule has 144 valence electrons. The first kappa shape index (κ1) is 19.2. The van der Waals surface area contributed by atoms with E-state index in [9.17, 15) is 22.8 Å². The molecule has 2 amide bonds. The molecular weight excluding hydrogens is 375 g/mol. The van der Waals surface area contributed by atoms with Gasteiger partial charge in [-0.2, -0.15) is 27.9 Å². The Balaban J connectivity index is 1.93. The van der Waals surface area contributed by atoms with Crippen molar-refractivity contribution in [2.24, 2.45) is 9.98 Å². The van der Waals surface area contributed by atoms with Crippen LogP contribution in [0.3, 0.4) is 0 Å². The summed E-state index contributed by atoms with van der Waals surface area (Å²) >= 11 is 0. The average Bonchev–Trinajstić information content (AvgIpc) is 2.99. The van der Waals surface area contributed by atoms with Gasteiger partial charge in [0.1, 0.15) is 5.82 Å². The third-order valence-electron chi connectivity index (χ3n) is 3.88. The molecule has 1 aromatic carbocycles. The van der Waals surface area contributed by atoms with Crippen LogP contribution in [0.1, 0.15) is 28.5 Å². The molecule has 10 heteroatoms. The number of nitrogens with zero attached hydrogens (tertiary/aromatic N) is 4. The SMILES string of the molecule is C=C1C(=O)N=C(n2nc(C)cc2NC(=O)c2cccc(C(F)(F)F)c2)N=C1C. The monoisotopic (exact) mass is 389 g/mol. The molecule has 0 fully saturated rings. The lowest BCUT2D eigenvalue weighted by atomic mass is 10.1. The Labute approximate surface area is 157 Å². The van der Waals surface area contributed by atoms with Gasteiger partial charge >= 0.3 is 6.18 Å². The summed E-state index contributed by atoms with van der Waals surface area (Å²) in [5.41, 5.74) is -0.159. The van der Waals surface area contributed by atoms with Gasteiger partial charge in [-0.25, -0.2) is 4.99 Å². The maximum absolute atomic E-state index is 12.9. The van der Waals surface area contributed by atoms with Crippen molar-refractivity contribution in [3.05, 3.63) is 59.3 Å². The molecule has 0 saturated carbocycles. The number of carbonyl (C=O) groups is 2. The van der Waals surface area contributed by atoms with Gasteiger partial charge in [0.2, 0.25) is 0 Å². The van der Waals surface area contributed by atoms with Crippen molar-refractivity contribution in [3.8, 4) is 0 Å². The third kappa shape index (κ3) is 3.75. The van der Waals surface area contributed by atoms with Crippen molar-refractivity contribution in [1.29, 1.82) is 0 Å². The molecule has 0 bridgehead atoms. The molecule has 1 N–H and O–H groups in total. The lowest BCUT2D eigenvalue weighted by Gasteiger charge is -2.13. The third-order valence-corrected chi connectivity index (χ3v) is 3.88. The molecule has 2 aromatic rings. The van der Waals surface area contributed by atoms with Crippen LogP contribution in [-0.2, 0) is 11.0 Å². The standard InChI is InChI=1S/C18H14F3N5O2/c1-9-7-14(26(25-9)17-22-11(3)10(2)15(27)24-17)23-16(28)12-5-4-6-13(8-12)18(19,20)21/h4-8H,2H2,1,3H3,(H,23,28).